The third-order valence-corrected chi connectivity index (χ3v) is 6.29. The summed E-state index contributed by atoms with van der Waals surface area (Å²) in [5, 5.41) is 14.3. The number of aliphatic hydroxyl groups excluding tert-OH is 1. The van der Waals surface area contributed by atoms with Gasteiger partial charge in [0, 0.05) is 14.1 Å². The Hall–Kier alpha value is -1.73. The van der Waals surface area contributed by atoms with Crippen molar-refractivity contribution in [3.63, 3.8) is 0 Å². The van der Waals surface area contributed by atoms with Gasteiger partial charge in [0.1, 0.15) is 0 Å². The maximum atomic E-state index is 12.1. The first-order valence-corrected chi connectivity index (χ1v) is 10.1. The summed E-state index contributed by atoms with van der Waals surface area (Å²) in [6, 6.07) is 19.3. The zero-order chi connectivity index (χ0) is 18.0. The van der Waals surface area contributed by atoms with Crippen LogP contribution >= 0.6 is 0 Å². The molecule has 5 nitrogen and oxygen atoms in total. The van der Waals surface area contributed by atoms with Crippen LogP contribution in [0.3, 0.4) is 0 Å². The molecule has 0 saturated carbocycles. The lowest BCUT2D eigenvalue weighted by atomic mass is 9.96. The van der Waals surface area contributed by atoms with Gasteiger partial charge in [-0.15, -0.1) is 0 Å². The van der Waals surface area contributed by atoms with E-state index in [9.17, 15) is 13.5 Å². The second-order valence-corrected chi connectivity index (χ2v) is 8.82. The van der Waals surface area contributed by atoms with Crippen molar-refractivity contribution < 1.29 is 13.5 Å². The van der Waals surface area contributed by atoms with Crippen LogP contribution in [0.15, 0.2) is 60.7 Å². The minimum Gasteiger partial charge on any atom is -0.390 e. The van der Waals surface area contributed by atoms with E-state index in [2.05, 4.69) is 0 Å². The van der Waals surface area contributed by atoms with Crippen molar-refractivity contribution in [1.82, 2.24) is 10.0 Å². The van der Waals surface area contributed by atoms with Gasteiger partial charge in [0.05, 0.1) is 29.7 Å². The molecule has 0 bridgehead atoms. The molecule has 1 aliphatic heterocycles. The Morgan fingerprint density at radius 3 is 1.76 bits per heavy atom. The fourth-order valence-corrected chi connectivity index (χ4v) is 5.32. The Morgan fingerprint density at radius 2 is 1.40 bits per heavy atom. The summed E-state index contributed by atoms with van der Waals surface area (Å²) in [7, 11) is 0.531. The standard InChI is InChI=1S/C19H24N2O3S/c1-20(2)21(17-13-25(23,24)14-18(17)22)19(15-9-5-3-6-10-15)16-11-7-4-8-12-16/h3-12,17-19,22H,13-14H2,1-2H3/t17-,18+/m0/s1. The van der Waals surface area contributed by atoms with Crippen LogP contribution in [0.1, 0.15) is 17.2 Å². The van der Waals surface area contributed by atoms with Crippen LogP contribution in [0.2, 0.25) is 0 Å². The van der Waals surface area contributed by atoms with E-state index in [4.69, 9.17) is 0 Å². The molecule has 25 heavy (non-hydrogen) atoms. The summed E-state index contributed by atoms with van der Waals surface area (Å²) in [4.78, 5) is 0. The SMILES string of the molecule is CN(C)N(C(c1ccccc1)c1ccccc1)[C@H]1CS(=O)(=O)C[C@H]1O. The minimum atomic E-state index is -3.24. The molecule has 134 valence electrons. The molecule has 1 fully saturated rings. The Kier molecular flexibility index (Phi) is 5.24. The molecule has 0 spiro atoms. The monoisotopic (exact) mass is 360 g/mol. The van der Waals surface area contributed by atoms with E-state index >= 15 is 0 Å². The highest BCUT2D eigenvalue weighted by atomic mass is 32.2. The van der Waals surface area contributed by atoms with E-state index in [1.165, 1.54) is 0 Å². The van der Waals surface area contributed by atoms with Gasteiger partial charge in [-0.05, 0) is 11.1 Å². The number of nitrogens with zero attached hydrogens (tertiary/aromatic N) is 2. The van der Waals surface area contributed by atoms with Crippen LogP contribution in [-0.4, -0.2) is 61.3 Å². The number of aliphatic hydroxyl groups is 1. The first-order valence-electron chi connectivity index (χ1n) is 8.33. The number of hydrogen-bond acceptors (Lipinski definition) is 5. The van der Waals surface area contributed by atoms with E-state index in [1.54, 1.807) is 0 Å². The summed E-state index contributed by atoms with van der Waals surface area (Å²) in [6.45, 7) is 0. The number of sulfone groups is 1. The van der Waals surface area contributed by atoms with E-state index in [0.29, 0.717) is 0 Å². The Bertz CT molecular complexity index is 754. The molecule has 1 heterocycles. The quantitative estimate of drug-likeness (QED) is 0.823. The van der Waals surface area contributed by atoms with Crippen molar-refractivity contribution in [2.45, 2.75) is 18.2 Å². The van der Waals surface area contributed by atoms with Gasteiger partial charge in [-0.1, -0.05) is 60.7 Å². The highest BCUT2D eigenvalue weighted by Gasteiger charge is 2.44. The van der Waals surface area contributed by atoms with Crippen LogP contribution in [0.25, 0.3) is 0 Å². The van der Waals surface area contributed by atoms with E-state index in [1.807, 2.05) is 84.8 Å². The van der Waals surface area contributed by atoms with Crippen molar-refractivity contribution in [1.29, 1.82) is 0 Å². The van der Waals surface area contributed by atoms with Gasteiger partial charge in [-0.25, -0.2) is 18.4 Å². The van der Waals surface area contributed by atoms with Crippen molar-refractivity contribution >= 4 is 9.84 Å². The number of benzene rings is 2. The molecule has 1 aliphatic rings. The van der Waals surface area contributed by atoms with Gasteiger partial charge >= 0.3 is 0 Å². The van der Waals surface area contributed by atoms with Gasteiger partial charge in [0.2, 0.25) is 0 Å². The highest BCUT2D eigenvalue weighted by molar-refractivity contribution is 7.91. The summed E-state index contributed by atoms with van der Waals surface area (Å²) in [6.07, 6.45) is -0.901. The molecule has 2 aromatic rings. The molecule has 0 aliphatic carbocycles. The molecule has 1 N–H and O–H groups in total. The molecule has 1 saturated heterocycles. The lowest BCUT2D eigenvalue weighted by molar-refractivity contribution is -0.0722. The largest absolute Gasteiger partial charge is 0.390 e. The predicted octanol–water partition coefficient (Wildman–Crippen LogP) is 1.71. The third-order valence-electron chi connectivity index (χ3n) is 4.59. The van der Waals surface area contributed by atoms with Crippen LogP contribution < -0.4 is 0 Å². The molecule has 2 atom stereocenters. The average Bonchev–Trinajstić information content (AvgIpc) is 2.86. The van der Waals surface area contributed by atoms with E-state index in [-0.39, 0.29) is 17.5 Å². The van der Waals surface area contributed by atoms with E-state index in [0.717, 1.165) is 11.1 Å². The lowest BCUT2D eigenvalue weighted by Gasteiger charge is -2.41. The summed E-state index contributed by atoms with van der Waals surface area (Å²) < 4.78 is 24.1. The Morgan fingerprint density at radius 1 is 0.920 bits per heavy atom. The smallest absolute Gasteiger partial charge is 0.154 e. The molecule has 0 radical (unpaired) electrons. The van der Waals surface area contributed by atoms with Gasteiger partial charge in [-0.3, -0.25) is 0 Å². The van der Waals surface area contributed by atoms with Gasteiger partial charge in [0.25, 0.3) is 0 Å². The Balaban J connectivity index is 2.09. The summed E-state index contributed by atoms with van der Waals surface area (Å²) >= 11 is 0. The minimum absolute atomic E-state index is 0.0392. The molecule has 0 amide bonds. The zero-order valence-electron chi connectivity index (χ0n) is 14.5. The van der Waals surface area contributed by atoms with Gasteiger partial charge < -0.3 is 5.11 Å². The molecule has 6 heteroatoms. The topological polar surface area (TPSA) is 60.9 Å². The molecular formula is C19H24N2O3S. The molecule has 2 aromatic carbocycles. The molecular weight excluding hydrogens is 336 g/mol. The van der Waals surface area contributed by atoms with Crippen molar-refractivity contribution in [2.75, 3.05) is 25.6 Å². The first-order chi connectivity index (χ1) is 11.9. The maximum Gasteiger partial charge on any atom is 0.154 e. The average molecular weight is 360 g/mol. The fourth-order valence-electron chi connectivity index (χ4n) is 3.55. The second-order valence-electron chi connectivity index (χ2n) is 6.66. The summed E-state index contributed by atoms with van der Waals surface area (Å²) in [5.74, 6) is -0.221. The number of rotatable bonds is 5. The van der Waals surface area contributed by atoms with E-state index < -0.39 is 22.0 Å². The highest BCUT2D eigenvalue weighted by Crippen LogP contribution is 2.34. The van der Waals surface area contributed by atoms with Crippen LogP contribution in [0.4, 0.5) is 0 Å². The third kappa shape index (κ3) is 3.93. The predicted molar refractivity (Wildman–Crippen MR) is 98.7 cm³/mol. The zero-order valence-corrected chi connectivity index (χ0v) is 15.3. The van der Waals surface area contributed by atoms with Crippen LogP contribution in [-0.2, 0) is 9.84 Å². The maximum absolute atomic E-state index is 12.1. The van der Waals surface area contributed by atoms with Crippen molar-refractivity contribution in [3.8, 4) is 0 Å². The van der Waals surface area contributed by atoms with Gasteiger partial charge in [-0.2, -0.15) is 0 Å². The van der Waals surface area contributed by atoms with Gasteiger partial charge in [0.15, 0.2) is 9.84 Å². The summed E-state index contributed by atoms with van der Waals surface area (Å²) in [5.41, 5.74) is 2.11. The van der Waals surface area contributed by atoms with Crippen LogP contribution in [0, 0.1) is 0 Å². The normalized spacial score (nSPS) is 22.8. The Labute approximate surface area is 149 Å². The van der Waals surface area contributed by atoms with Crippen molar-refractivity contribution in [2.24, 2.45) is 0 Å². The van der Waals surface area contributed by atoms with Crippen molar-refractivity contribution in [3.05, 3.63) is 71.8 Å². The van der Waals surface area contributed by atoms with Crippen LogP contribution in [0.5, 0.6) is 0 Å². The molecule has 0 aromatic heterocycles. The first kappa shape index (κ1) is 18.1. The fraction of sp³-hybridized carbons (Fsp3) is 0.368. The lowest BCUT2D eigenvalue weighted by Crippen LogP contribution is -2.52. The molecule has 3 rings (SSSR count). The second kappa shape index (κ2) is 7.25. The molecule has 0 unspecified atom stereocenters. The number of hydrogen-bond donors (Lipinski definition) is 1. The number of hydrazine groups is 1.